The van der Waals surface area contributed by atoms with E-state index >= 15 is 0 Å². The van der Waals surface area contributed by atoms with Gasteiger partial charge in [-0.3, -0.25) is 4.79 Å². The van der Waals surface area contributed by atoms with E-state index in [2.05, 4.69) is 0 Å². The zero-order chi connectivity index (χ0) is 15.3. The molecule has 0 saturated carbocycles. The third kappa shape index (κ3) is 5.19. The van der Waals surface area contributed by atoms with Gasteiger partial charge in [0, 0.05) is 24.7 Å². The molecule has 6 heteroatoms. The van der Waals surface area contributed by atoms with Crippen molar-refractivity contribution in [2.45, 2.75) is 13.8 Å². The topological polar surface area (TPSA) is 55.6 Å². The number of ether oxygens (including phenoxy) is 1. The molecule has 0 bridgehead atoms. The Bertz CT molecular complexity index is 478. The van der Waals surface area contributed by atoms with Crippen LogP contribution in [0.5, 0.6) is 5.75 Å². The van der Waals surface area contributed by atoms with Gasteiger partial charge in [0.25, 0.3) is 5.91 Å². The van der Waals surface area contributed by atoms with Crippen molar-refractivity contribution < 1.29 is 9.53 Å². The lowest BCUT2D eigenvalue weighted by atomic mass is 9.93. The van der Waals surface area contributed by atoms with E-state index in [0.717, 1.165) is 0 Å². The Labute approximate surface area is 129 Å². The third-order valence-corrected chi connectivity index (χ3v) is 3.44. The molecule has 1 amide bonds. The van der Waals surface area contributed by atoms with Crippen LogP contribution in [-0.4, -0.2) is 37.6 Å². The number of carbonyl (C=O) groups is 1. The van der Waals surface area contributed by atoms with Crippen molar-refractivity contribution in [2.75, 3.05) is 26.7 Å². The first-order valence-electron chi connectivity index (χ1n) is 6.27. The van der Waals surface area contributed by atoms with Crippen molar-refractivity contribution in [3.8, 4) is 5.75 Å². The number of nitrogens with zero attached hydrogens (tertiary/aromatic N) is 1. The Morgan fingerprint density at radius 3 is 2.65 bits per heavy atom. The van der Waals surface area contributed by atoms with Crippen LogP contribution >= 0.6 is 23.2 Å². The van der Waals surface area contributed by atoms with E-state index in [1.54, 1.807) is 30.1 Å². The van der Waals surface area contributed by atoms with Crippen molar-refractivity contribution in [2.24, 2.45) is 11.1 Å². The van der Waals surface area contributed by atoms with Crippen molar-refractivity contribution in [1.29, 1.82) is 0 Å². The van der Waals surface area contributed by atoms with Gasteiger partial charge in [0.05, 0.1) is 5.02 Å². The summed E-state index contributed by atoms with van der Waals surface area (Å²) in [6, 6.07) is 4.88. The molecule has 0 fully saturated rings. The Morgan fingerprint density at radius 1 is 1.40 bits per heavy atom. The highest BCUT2D eigenvalue weighted by molar-refractivity contribution is 6.34. The lowest BCUT2D eigenvalue weighted by molar-refractivity contribution is -0.133. The summed E-state index contributed by atoms with van der Waals surface area (Å²) in [4.78, 5) is 13.6. The van der Waals surface area contributed by atoms with Crippen LogP contribution in [0.4, 0.5) is 0 Å². The van der Waals surface area contributed by atoms with Crippen LogP contribution in [0, 0.1) is 5.41 Å². The number of nitrogens with two attached hydrogens (primary N) is 1. The first-order valence-corrected chi connectivity index (χ1v) is 7.02. The summed E-state index contributed by atoms with van der Waals surface area (Å²) in [7, 11) is 1.72. The number of carbonyl (C=O) groups excluding carboxylic acids is 1. The zero-order valence-corrected chi connectivity index (χ0v) is 13.5. The van der Waals surface area contributed by atoms with Crippen LogP contribution in [0.15, 0.2) is 18.2 Å². The van der Waals surface area contributed by atoms with Gasteiger partial charge < -0.3 is 15.4 Å². The van der Waals surface area contributed by atoms with Crippen molar-refractivity contribution >= 4 is 29.1 Å². The van der Waals surface area contributed by atoms with Crippen molar-refractivity contribution in [1.82, 2.24) is 4.90 Å². The van der Waals surface area contributed by atoms with Crippen molar-refractivity contribution in [3.05, 3.63) is 28.2 Å². The first kappa shape index (κ1) is 17.1. The normalized spacial score (nSPS) is 11.3. The minimum absolute atomic E-state index is 0.0861. The van der Waals surface area contributed by atoms with Gasteiger partial charge in [-0.15, -0.1) is 0 Å². The maximum atomic E-state index is 12.0. The van der Waals surface area contributed by atoms with Crippen LogP contribution in [0.3, 0.4) is 0 Å². The quantitative estimate of drug-likeness (QED) is 0.877. The molecular weight excluding hydrogens is 299 g/mol. The summed E-state index contributed by atoms with van der Waals surface area (Å²) in [6.45, 7) is 4.99. The summed E-state index contributed by atoms with van der Waals surface area (Å²) in [5, 5.41) is 0.932. The molecule has 0 saturated heterocycles. The second kappa shape index (κ2) is 7.16. The molecule has 1 rings (SSSR count). The number of benzene rings is 1. The molecule has 0 aliphatic rings. The predicted molar refractivity (Wildman–Crippen MR) is 82.4 cm³/mol. The van der Waals surface area contributed by atoms with Gasteiger partial charge in [-0.05, 0) is 24.1 Å². The Morgan fingerprint density at radius 2 is 2.05 bits per heavy atom. The average Bonchev–Trinajstić information content (AvgIpc) is 2.39. The van der Waals surface area contributed by atoms with Gasteiger partial charge in [-0.1, -0.05) is 37.0 Å². The first-order chi connectivity index (χ1) is 9.25. The summed E-state index contributed by atoms with van der Waals surface area (Å²) in [5.74, 6) is 0.265. The zero-order valence-electron chi connectivity index (χ0n) is 12.0. The minimum atomic E-state index is -0.137. The molecule has 0 aliphatic heterocycles. The Balaban J connectivity index is 2.57. The third-order valence-electron chi connectivity index (χ3n) is 2.89. The highest BCUT2D eigenvalue weighted by atomic mass is 35.5. The van der Waals surface area contributed by atoms with Crippen LogP contribution in [0.1, 0.15) is 13.8 Å². The van der Waals surface area contributed by atoms with Crippen LogP contribution in [0.25, 0.3) is 0 Å². The monoisotopic (exact) mass is 318 g/mol. The molecule has 0 heterocycles. The smallest absolute Gasteiger partial charge is 0.260 e. The average molecular weight is 319 g/mol. The molecule has 4 nitrogen and oxygen atoms in total. The number of halogens is 2. The van der Waals surface area contributed by atoms with Gasteiger partial charge in [-0.2, -0.15) is 0 Å². The Hall–Kier alpha value is -0.970. The molecule has 112 valence electrons. The maximum absolute atomic E-state index is 12.0. The lowest BCUT2D eigenvalue weighted by Crippen LogP contribution is -2.41. The maximum Gasteiger partial charge on any atom is 0.260 e. The molecule has 0 unspecified atom stereocenters. The largest absolute Gasteiger partial charge is 0.482 e. The lowest BCUT2D eigenvalue weighted by Gasteiger charge is -2.29. The number of hydrogen-bond acceptors (Lipinski definition) is 3. The SMILES string of the molecule is CN(CC(C)(C)CN)C(=O)COc1cc(Cl)ccc1Cl. The molecule has 0 spiro atoms. The highest BCUT2D eigenvalue weighted by Crippen LogP contribution is 2.27. The molecular formula is C14H20Cl2N2O2. The Kier molecular flexibility index (Phi) is 6.11. The minimum Gasteiger partial charge on any atom is -0.482 e. The molecule has 0 aromatic heterocycles. The van der Waals surface area contributed by atoms with Crippen molar-refractivity contribution in [3.63, 3.8) is 0 Å². The van der Waals surface area contributed by atoms with E-state index in [-0.39, 0.29) is 17.9 Å². The number of rotatable bonds is 6. The van der Waals surface area contributed by atoms with Gasteiger partial charge in [0.15, 0.2) is 6.61 Å². The fraction of sp³-hybridized carbons (Fsp3) is 0.500. The van der Waals surface area contributed by atoms with E-state index < -0.39 is 0 Å². The summed E-state index contributed by atoms with van der Waals surface area (Å²) in [6.07, 6.45) is 0. The number of likely N-dealkylation sites (N-methyl/N-ethyl adjacent to an activating group) is 1. The van der Waals surface area contributed by atoms with Gasteiger partial charge in [0.2, 0.25) is 0 Å². The van der Waals surface area contributed by atoms with Crippen LogP contribution in [0.2, 0.25) is 10.0 Å². The summed E-state index contributed by atoms with van der Waals surface area (Å²) >= 11 is 11.8. The molecule has 0 aliphatic carbocycles. The van der Waals surface area contributed by atoms with E-state index in [1.165, 1.54) is 0 Å². The van der Waals surface area contributed by atoms with Gasteiger partial charge >= 0.3 is 0 Å². The second-order valence-electron chi connectivity index (χ2n) is 5.48. The number of hydrogen-bond donors (Lipinski definition) is 1. The van der Waals surface area contributed by atoms with E-state index in [4.69, 9.17) is 33.7 Å². The molecule has 1 aromatic carbocycles. The van der Waals surface area contributed by atoms with Gasteiger partial charge in [-0.25, -0.2) is 0 Å². The molecule has 1 aromatic rings. The van der Waals surface area contributed by atoms with Crippen LogP contribution < -0.4 is 10.5 Å². The van der Waals surface area contributed by atoms with Gasteiger partial charge in [0.1, 0.15) is 5.75 Å². The molecule has 2 N–H and O–H groups in total. The molecule has 0 radical (unpaired) electrons. The van der Waals surface area contributed by atoms with E-state index in [0.29, 0.717) is 28.9 Å². The molecule has 20 heavy (non-hydrogen) atoms. The second-order valence-corrected chi connectivity index (χ2v) is 6.33. The standard InChI is InChI=1S/C14H20Cl2N2O2/c1-14(2,8-17)9-18(3)13(19)7-20-12-6-10(15)4-5-11(12)16/h4-6H,7-9,17H2,1-3H3. The molecule has 0 atom stereocenters. The van der Waals surface area contributed by atoms with E-state index in [9.17, 15) is 4.79 Å². The van der Waals surface area contributed by atoms with Crippen LogP contribution in [-0.2, 0) is 4.79 Å². The van der Waals surface area contributed by atoms with E-state index in [1.807, 2.05) is 13.8 Å². The summed E-state index contributed by atoms with van der Waals surface area (Å²) in [5.41, 5.74) is 5.53. The summed E-state index contributed by atoms with van der Waals surface area (Å²) < 4.78 is 5.41. The fourth-order valence-electron chi connectivity index (χ4n) is 1.63. The fourth-order valence-corrected chi connectivity index (χ4v) is 1.97. The predicted octanol–water partition coefficient (Wildman–Crippen LogP) is 2.82. The highest BCUT2D eigenvalue weighted by Gasteiger charge is 2.21. The number of amides is 1.